The topological polar surface area (TPSA) is 132 Å². The van der Waals surface area contributed by atoms with Crippen LogP contribution >= 0.6 is 0 Å². The summed E-state index contributed by atoms with van der Waals surface area (Å²) in [5.41, 5.74) is 0.861. The Labute approximate surface area is 289 Å². The number of carbonyl (C=O) groups excluding carboxylic acids is 4. The van der Waals surface area contributed by atoms with E-state index in [-0.39, 0.29) is 35.6 Å². The van der Waals surface area contributed by atoms with Crippen molar-refractivity contribution in [2.24, 2.45) is 11.8 Å². The number of aryl methyl sites for hydroxylation is 1. The van der Waals surface area contributed by atoms with Crippen molar-refractivity contribution in [2.45, 2.75) is 103 Å². The van der Waals surface area contributed by atoms with Crippen molar-refractivity contribution < 1.29 is 23.6 Å². The molecule has 13 heteroatoms. The van der Waals surface area contributed by atoms with Crippen molar-refractivity contribution in [3.8, 4) is 0 Å². The fourth-order valence-corrected chi connectivity index (χ4v) is 7.04. The molecule has 1 aliphatic heterocycles. The van der Waals surface area contributed by atoms with Crippen LogP contribution in [0.4, 0.5) is 14.9 Å². The first-order chi connectivity index (χ1) is 23.4. The van der Waals surface area contributed by atoms with Gasteiger partial charge in [0.2, 0.25) is 11.8 Å². The molecule has 2 saturated carbocycles. The molecule has 2 aliphatic carbocycles. The minimum Gasteiger partial charge on any atom is -0.339 e. The van der Waals surface area contributed by atoms with Crippen LogP contribution in [-0.4, -0.2) is 106 Å². The zero-order valence-electron chi connectivity index (χ0n) is 29.7. The molecule has 49 heavy (non-hydrogen) atoms. The third-order valence-corrected chi connectivity index (χ3v) is 10.9. The molecule has 1 saturated heterocycles. The lowest BCUT2D eigenvalue weighted by atomic mass is 9.79. The predicted molar refractivity (Wildman–Crippen MR) is 185 cm³/mol. The zero-order valence-corrected chi connectivity index (χ0v) is 29.7. The van der Waals surface area contributed by atoms with Crippen LogP contribution in [0.25, 0.3) is 0 Å². The van der Waals surface area contributed by atoms with Gasteiger partial charge in [0.05, 0.1) is 5.69 Å². The van der Waals surface area contributed by atoms with Gasteiger partial charge in [0.25, 0.3) is 5.91 Å². The van der Waals surface area contributed by atoms with Gasteiger partial charge in [0, 0.05) is 57.4 Å². The molecule has 0 bridgehead atoms. The van der Waals surface area contributed by atoms with E-state index in [9.17, 15) is 19.2 Å². The fourth-order valence-electron chi connectivity index (χ4n) is 7.04. The van der Waals surface area contributed by atoms with Gasteiger partial charge < -0.3 is 30.7 Å². The molecule has 1 aromatic heterocycles. The number of hydrogen-bond acceptors (Lipinski definition) is 6. The summed E-state index contributed by atoms with van der Waals surface area (Å²) in [6.45, 7) is 10.2. The Balaban J connectivity index is 1.33. The van der Waals surface area contributed by atoms with Crippen LogP contribution in [0.1, 0.15) is 88.2 Å². The van der Waals surface area contributed by atoms with E-state index in [1.165, 1.54) is 12.1 Å². The molecule has 268 valence electrons. The van der Waals surface area contributed by atoms with Crippen molar-refractivity contribution in [2.75, 3.05) is 39.0 Å². The van der Waals surface area contributed by atoms with Crippen LogP contribution in [0, 0.1) is 17.7 Å². The smallest absolute Gasteiger partial charge is 0.318 e. The van der Waals surface area contributed by atoms with E-state index in [2.05, 4.69) is 39.8 Å². The van der Waals surface area contributed by atoms with Gasteiger partial charge in [-0.3, -0.25) is 19.1 Å². The lowest BCUT2D eigenvalue weighted by molar-refractivity contribution is -0.136. The third kappa shape index (κ3) is 8.60. The highest BCUT2D eigenvalue weighted by atomic mass is 19.1. The lowest BCUT2D eigenvalue weighted by Crippen LogP contribution is -2.59. The maximum absolute atomic E-state index is 15.8. The summed E-state index contributed by atoms with van der Waals surface area (Å²) in [6.07, 6.45) is 6.84. The van der Waals surface area contributed by atoms with Crippen LogP contribution in [-0.2, 0) is 16.1 Å². The quantitative estimate of drug-likeness (QED) is 0.329. The summed E-state index contributed by atoms with van der Waals surface area (Å²) < 4.78 is 17.4. The number of hydrogen-bond donors (Lipinski definition) is 3. The lowest BCUT2D eigenvalue weighted by Gasteiger charge is -2.40. The molecule has 2 aromatic rings. The Bertz CT molecular complexity index is 1500. The van der Waals surface area contributed by atoms with Crippen molar-refractivity contribution in [1.82, 2.24) is 35.1 Å². The summed E-state index contributed by atoms with van der Waals surface area (Å²) in [4.78, 5) is 59.8. The van der Waals surface area contributed by atoms with Gasteiger partial charge in [-0.15, -0.1) is 0 Å². The van der Waals surface area contributed by atoms with Crippen LogP contribution in [0.15, 0.2) is 30.5 Å². The van der Waals surface area contributed by atoms with Gasteiger partial charge in [-0.1, -0.05) is 32.8 Å². The molecule has 12 nitrogen and oxygen atoms in total. The van der Waals surface area contributed by atoms with Crippen molar-refractivity contribution in [3.63, 3.8) is 0 Å². The van der Waals surface area contributed by atoms with E-state index in [0.29, 0.717) is 36.8 Å². The molecule has 0 spiro atoms. The number of piperazine rings is 1. The van der Waals surface area contributed by atoms with E-state index in [1.54, 1.807) is 39.9 Å². The number of nitrogens with one attached hydrogen (secondary N) is 3. The predicted octanol–water partition coefficient (Wildman–Crippen LogP) is 4.04. The number of urea groups is 1. The number of likely N-dealkylation sites (N-methyl/N-ethyl adjacent to an activating group) is 1. The van der Waals surface area contributed by atoms with Crippen molar-refractivity contribution in [1.29, 1.82) is 0 Å². The van der Waals surface area contributed by atoms with E-state index in [0.717, 1.165) is 45.1 Å². The van der Waals surface area contributed by atoms with Gasteiger partial charge in [-0.05, 0) is 82.2 Å². The molecule has 5 amide bonds. The number of nitrogens with zero attached hydrogens (tertiary/aromatic N) is 5. The molecule has 2 heterocycles. The Kier molecular flexibility index (Phi) is 11.6. The van der Waals surface area contributed by atoms with Gasteiger partial charge >= 0.3 is 6.03 Å². The second-order valence-electron chi connectivity index (χ2n) is 14.4. The number of rotatable bonds is 11. The summed E-state index contributed by atoms with van der Waals surface area (Å²) in [6, 6.07) is 4.34. The van der Waals surface area contributed by atoms with Gasteiger partial charge in [0.1, 0.15) is 23.6 Å². The molecule has 4 atom stereocenters. The minimum atomic E-state index is -0.908. The first kappa shape index (κ1) is 36.3. The van der Waals surface area contributed by atoms with Crippen molar-refractivity contribution in [3.05, 3.63) is 47.5 Å². The standard InChI is InChI=1S/C36H53FN8O4/c1-7-45-30(16-17-38-45)33(46)40-32(25-10-8-22(2)9-11-25)34(47)39-29-15-12-26(20-28(29)37)24(4)31(41-36(49)43(6)27-13-14-27)35(48)44-19-18-42(5)23(3)21-44/h12,15-17,20,22-25,27,31-32H,7-11,13-14,18-19,21H2,1-6H3,(H,39,47)(H,40,46)(H,41,49)/t22-,23-,24+,25-,31-,32+/m1/s1. The second-order valence-corrected chi connectivity index (χ2v) is 14.4. The molecule has 3 N–H and O–H groups in total. The largest absolute Gasteiger partial charge is 0.339 e. The average molecular weight is 681 g/mol. The molecule has 1 aromatic carbocycles. The highest BCUT2D eigenvalue weighted by molar-refractivity contribution is 6.00. The van der Waals surface area contributed by atoms with E-state index in [1.807, 2.05) is 20.9 Å². The average Bonchev–Trinajstić information content (AvgIpc) is 3.83. The molecule has 0 radical (unpaired) electrons. The van der Waals surface area contributed by atoms with E-state index < -0.39 is 35.6 Å². The number of halogens is 1. The second kappa shape index (κ2) is 15.7. The fraction of sp³-hybridized carbons (Fsp3) is 0.639. The van der Waals surface area contributed by atoms with Gasteiger partial charge in [-0.25, -0.2) is 9.18 Å². The van der Waals surface area contributed by atoms with Crippen LogP contribution < -0.4 is 16.0 Å². The van der Waals surface area contributed by atoms with Crippen LogP contribution in [0.2, 0.25) is 0 Å². The number of anilines is 1. The highest BCUT2D eigenvalue weighted by Crippen LogP contribution is 2.32. The molecule has 3 aliphatic rings. The monoisotopic (exact) mass is 680 g/mol. The molecular formula is C36H53FN8O4. The van der Waals surface area contributed by atoms with Crippen LogP contribution in [0.5, 0.6) is 0 Å². The number of amides is 5. The van der Waals surface area contributed by atoms with Gasteiger partial charge in [-0.2, -0.15) is 5.10 Å². The Morgan fingerprint density at radius 2 is 1.73 bits per heavy atom. The normalized spacial score (nSPS) is 23.2. The molecular weight excluding hydrogens is 627 g/mol. The summed E-state index contributed by atoms with van der Waals surface area (Å²) >= 11 is 0. The highest BCUT2D eigenvalue weighted by Gasteiger charge is 2.38. The van der Waals surface area contributed by atoms with Crippen LogP contribution in [0.3, 0.4) is 0 Å². The molecule has 5 rings (SSSR count). The minimum absolute atomic E-state index is 0.0174. The van der Waals surface area contributed by atoms with Crippen molar-refractivity contribution >= 4 is 29.4 Å². The number of carbonyl (C=O) groups is 4. The zero-order chi connectivity index (χ0) is 35.4. The summed E-state index contributed by atoms with van der Waals surface area (Å²) in [5, 5.41) is 12.8. The first-order valence-electron chi connectivity index (χ1n) is 17.8. The maximum atomic E-state index is 15.8. The Morgan fingerprint density at radius 1 is 1.02 bits per heavy atom. The SMILES string of the molecule is CCn1nccc1C(=O)N[C@H](C(=O)Nc1ccc([C@H](C)[C@@H](NC(=O)N(C)C2CC2)C(=O)N2CCN(C)[C@H](C)C2)cc1F)[C@H]1CC[C@H](C)CC1. The Hall–Kier alpha value is -4.00. The number of aromatic nitrogens is 2. The molecule has 3 fully saturated rings. The summed E-state index contributed by atoms with van der Waals surface area (Å²) in [5.74, 6) is -1.86. The van der Waals surface area contributed by atoms with Gasteiger partial charge in [0.15, 0.2) is 0 Å². The first-order valence-corrected chi connectivity index (χ1v) is 17.8. The third-order valence-electron chi connectivity index (χ3n) is 10.9. The Morgan fingerprint density at radius 3 is 2.37 bits per heavy atom. The molecule has 0 unspecified atom stereocenters. The number of benzene rings is 1. The van der Waals surface area contributed by atoms with E-state index in [4.69, 9.17) is 0 Å². The maximum Gasteiger partial charge on any atom is 0.318 e. The van der Waals surface area contributed by atoms with E-state index >= 15 is 4.39 Å². The summed E-state index contributed by atoms with van der Waals surface area (Å²) in [7, 11) is 3.76.